The Bertz CT molecular complexity index is 701. The molecule has 2 rings (SSSR count). The van der Waals surface area contributed by atoms with Crippen molar-refractivity contribution in [2.75, 3.05) is 6.61 Å². The highest BCUT2D eigenvalue weighted by Gasteiger charge is 2.12. The van der Waals surface area contributed by atoms with Gasteiger partial charge in [0.05, 0.1) is 15.6 Å². The molecule has 0 bridgehead atoms. The van der Waals surface area contributed by atoms with Crippen LogP contribution in [0, 0.1) is 0 Å². The molecule has 0 aliphatic heterocycles. The number of primary amides is 1. The molecule has 2 aromatic rings. The number of halogens is 2. The Hall–Kier alpha value is -2.04. The summed E-state index contributed by atoms with van der Waals surface area (Å²) >= 11 is 11.6. The molecule has 21 heavy (non-hydrogen) atoms. The molecule has 2 N–H and O–H groups in total. The van der Waals surface area contributed by atoms with Crippen LogP contribution in [0.4, 0.5) is 0 Å². The maximum Gasteiger partial charge on any atom is 0.252 e. The third-order valence-corrected chi connectivity index (χ3v) is 3.49. The topological polar surface area (TPSA) is 69.4 Å². The van der Waals surface area contributed by atoms with Crippen molar-refractivity contribution in [3.05, 3.63) is 63.6 Å². The van der Waals surface area contributed by atoms with Crippen LogP contribution in [-0.4, -0.2) is 18.3 Å². The van der Waals surface area contributed by atoms with Gasteiger partial charge in [-0.2, -0.15) is 0 Å². The molecule has 0 aliphatic carbocycles. The summed E-state index contributed by atoms with van der Waals surface area (Å²) in [5.74, 6) is -0.640. The highest BCUT2D eigenvalue weighted by Crippen LogP contribution is 2.23. The molecule has 6 heteroatoms. The predicted octanol–water partition coefficient (Wildman–Crippen LogP) is 3.35. The summed E-state index contributed by atoms with van der Waals surface area (Å²) in [4.78, 5) is 23.3. The molecule has 108 valence electrons. The standard InChI is InChI=1S/C15H11Cl2NO3/c16-11-6-5-9(7-12(11)17)13(19)8-21-14-4-2-1-3-10(14)15(18)20/h1-7H,8H2,(H2,18,20). The average molecular weight is 324 g/mol. The Balaban J connectivity index is 2.11. The predicted molar refractivity (Wildman–Crippen MR) is 81.2 cm³/mol. The normalized spacial score (nSPS) is 10.2. The third kappa shape index (κ3) is 3.74. The van der Waals surface area contributed by atoms with Crippen LogP contribution in [0.1, 0.15) is 20.7 Å². The minimum Gasteiger partial charge on any atom is -0.485 e. The van der Waals surface area contributed by atoms with Crippen molar-refractivity contribution in [2.24, 2.45) is 5.73 Å². The molecule has 4 nitrogen and oxygen atoms in total. The fraction of sp³-hybridized carbons (Fsp3) is 0.0667. The number of hydrogen-bond acceptors (Lipinski definition) is 3. The fourth-order valence-electron chi connectivity index (χ4n) is 1.69. The SMILES string of the molecule is NC(=O)c1ccccc1OCC(=O)c1ccc(Cl)c(Cl)c1. The third-order valence-electron chi connectivity index (χ3n) is 2.75. The van der Waals surface area contributed by atoms with Gasteiger partial charge in [0.1, 0.15) is 5.75 Å². The van der Waals surface area contributed by atoms with E-state index in [-0.39, 0.29) is 23.7 Å². The van der Waals surface area contributed by atoms with Gasteiger partial charge in [-0.3, -0.25) is 9.59 Å². The summed E-state index contributed by atoms with van der Waals surface area (Å²) in [6.45, 7) is -0.234. The number of ether oxygens (including phenoxy) is 1. The molecule has 0 radical (unpaired) electrons. The van der Waals surface area contributed by atoms with Crippen LogP contribution in [0.5, 0.6) is 5.75 Å². The van der Waals surface area contributed by atoms with Gasteiger partial charge in [-0.05, 0) is 30.3 Å². The quantitative estimate of drug-likeness (QED) is 0.858. The Morgan fingerprint density at radius 3 is 2.43 bits per heavy atom. The van der Waals surface area contributed by atoms with E-state index in [0.29, 0.717) is 15.6 Å². The van der Waals surface area contributed by atoms with Crippen molar-refractivity contribution in [3.63, 3.8) is 0 Å². The minimum absolute atomic E-state index is 0.222. The number of nitrogens with two attached hydrogens (primary N) is 1. The highest BCUT2D eigenvalue weighted by molar-refractivity contribution is 6.42. The second-order valence-corrected chi connectivity index (χ2v) is 5.02. The molecule has 0 unspecified atom stereocenters. The number of carbonyl (C=O) groups excluding carboxylic acids is 2. The van der Waals surface area contributed by atoms with Crippen molar-refractivity contribution in [1.82, 2.24) is 0 Å². The van der Waals surface area contributed by atoms with E-state index >= 15 is 0 Å². The molecule has 2 aromatic carbocycles. The van der Waals surface area contributed by atoms with Gasteiger partial charge in [-0.15, -0.1) is 0 Å². The van der Waals surface area contributed by atoms with E-state index in [0.717, 1.165) is 0 Å². The van der Waals surface area contributed by atoms with Gasteiger partial charge in [-0.1, -0.05) is 35.3 Å². The van der Waals surface area contributed by atoms with E-state index < -0.39 is 5.91 Å². The maximum atomic E-state index is 12.0. The molecule has 0 saturated heterocycles. The zero-order valence-electron chi connectivity index (χ0n) is 10.8. The summed E-state index contributed by atoms with van der Waals surface area (Å²) in [6, 6.07) is 11.0. The van der Waals surface area contributed by atoms with E-state index in [9.17, 15) is 9.59 Å². The number of amides is 1. The smallest absolute Gasteiger partial charge is 0.252 e. The Labute approximate surface area is 131 Å². The van der Waals surface area contributed by atoms with Crippen molar-refractivity contribution >= 4 is 34.9 Å². The molecule has 0 spiro atoms. The van der Waals surface area contributed by atoms with Crippen LogP contribution < -0.4 is 10.5 Å². The van der Waals surface area contributed by atoms with Gasteiger partial charge < -0.3 is 10.5 Å². The lowest BCUT2D eigenvalue weighted by molar-refractivity contribution is 0.0912. The lowest BCUT2D eigenvalue weighted by Crippen LogP contribution is -2.16. The van der Waals surface area contributed by atoms with Crippen LogP contribution >= 0.6 is 23.2 Å². The molecule has 0 aliphatic rings. The zero-order valence-corrected chi connectivity index (χ0v) is 12.3. The van der Waals surface area contributed by atoms with Gasteiger partial charge in [0, 0.05) is 5.56 Å². The first-order valence-corrected chi connectivity index (χ1v) is 6.74. The van der Waals surface area contributed by atoms with Gasteiger partial charge in [0.25, 0.3) is 5.91 Å². The van der Waals surface area contributed by atoms with Crippen LogP contribution in [-0.2, 0) is 0 Å². The minimum atomic E-state index is -0.618. The molecule has 0 fully saturated rings. The Kier molecular flexibility index (Phi) is 4.83. The number of Topliss-reactive ketones (excluding diaryl/α,β-unsaturated/α-hetero) is 1. The Morgan fingerprint density at radius 1 is 1.05 bits per heavy atom. The first-order valence-electron chi connectivity index (χ1n) is 5.99. The average Bonchev–Trinajstić information content (AvgIpc) is 2.47. The second kappa shape index (κ2) is 6.61. The van der Waals surface area contributed by atoms with E-state index in [1.54, 1.807) is 24.3 Å². The van der Waals surface area contributed by atoms with Gasteiger partial charge in [0.2, 0.25) is 0 Å². The fourth-order valence-corrected chi connectivity index (χ4v) is 1.99. The van der Waals surface area contributed by atoms with Crippen molar-refractivity contribution < 1.29 is 14.3 Å². The number of para-hydroxylation sites is 1. The first kappa shape index (κ1) is 15.4. The summed E-state index contributed by atoms with van der Waals surface area (Å²) in [6.07, 6.45) is 0. The summed E-state index contributed by atoms with van der Waals surface area (Å²) in [7, 11) is 0. The first-order chi connectivity index (χ1) is 9.99. The molecule has 0 heterocycles. The van der Waals surface area contributed by atoms with Crippen LogP contribution in [0.3, 0.4) is 0 Å². The summed E-state index contributed by atoms with van der Waals surface area (Å²) in [5.41, 5.74) is 5.83. The molecular formula is C15H11Cl2NO3. The molecular weight excluding hydrogens is 313 g/mol. The van der Waals surface area contributed by atoms with Gasteiger partial charge in [0.15, 0.2) is 12.4 Å². The van der Waals surface area contributed by atoms with Gasteiger partial charge in [-0.25, -0.2) is 0 Å². The van der Waals surface area contributed by atoms with Crippen LogP contribution in [0.15, 0.2) is 42.5 Å². The zero-order chi connectivity index (χ0) is 15.4. The Morgan fingerprint density at radius 2 is 1.76 bits per heavy atom. The summed E-state index contributed by atoms with van der Waals surface area (Å²) in [5, 5.41) is 0.660. The molecule has 0 saturated carbocycles. The molecule has 0 atom stereocenters. The molecule has 1 amide bonds. The number of rotatable bonds is 5. The lowest BCUT2D eigenvalue weighted by atomic mass is 10.1. The van der Waals surface area contributed by atoms with E-state index in [4.69, 9.17) is 33.7 Å². The van der Waals surface area contributed by atoms with Crippen LogP contribution in [0.2, 0.25) is 10.0 Å². The number of benzene rings is 2. The van der Waals surface area contributed by atoms with E-state index in [1.165, 1.54) is 18.2 Å². The van der Waals surface area contributed by atoms with Crippen molar-refractivity contribution in [3.8, 4) is 5.75 Å². The lowest BCUT2D eigenvalue weighted by Gasteiger charge is -2.09. The van der Waals surface area contributed by atoms with Crippen molar-refractivity contribution in [1.29, 1.82) is 0 Å². The van der Waals surface area contributed by atoms with E-state index in [1.807, 2.05) is 0 Å². The van der Waals surface area contributed by atoms with Gasteiger partial charge >= 0.3 is 0 Å². The summed E-state index contributed by atoms with van der Waals surface area (Å²) < 4.78 is 5.36. The largest absolute Gasteiger partial charge is 0.485 e. The number of hydrogen-bond donors (Lipinski definition) is 1. The second-order valence-electron chi connectivity index (χ2n) is 4.20. The number of carbonyl (C=O) groups is 2. The maximum absolute atomic E-state index is 12.0. The number of ketones is 1. The van der Waals surface area contributed by atoms with E-state index in [2.05, 4.69) is 0 Å². The molecule has 0 aromatic heterocycles. The highest BCUT2D eigenvalue weighted by atomic mass is 35.5. The van der Waals surface area contributed by atoms with Crippen molar-refractivity contribution in [2.45, 2.75) is 0 Å². The monoisotopic (exact) mass is 323 g/mol. The van der Waals surface area contributed by atoms with Crippen LogP contribution in [0.25, 0.3) is 0 Å².